The molecule has 0 amide bonds. The number of hydrogen-bond donors (Lipinski definition) is 1. The van der Waals surface area contributed by atoms with Crippen LogP contribution in [0.3, 0.4) is 0 Å². The van der Waals surface area contributed by atoms with Gasteiger partial charge in [0.25, 0.3) is 0 Å². The first-order valence-corrected chi connectivity index (χ1v) is 7.96. The maximum Gasteiger partial charge on any atom is 0.0645 e. The molecule has 114 valence electrons. The van der Waals surface area contributed by atoms with Crippen LogP contribution < -0.4 is 5.32 Å². The van der Waals surface area contributed by atoms with Crippen LogP contribution in [0.4, 0.5) is 0 Å². The Morgan fingerprint density at radius 2 is 1.86 bits per heavy atom. The molecule has 0 bridgehead atoms. The molecule has 0 aliphatic carbocycles. The minimum Gasteiger partial charge on any atom is -0.308 e. The molecule has 21 heavy (non-hydrogen) atoms. The zero-order valence-corrected chi connectivity index (χ0v) is 13.6. The summed E-state index contributed by atoms with van der Waals surface area (Å²) in [7, 11) is 0. The molecular weight excluding hydrogens is 258 g/mol. The van der Waals surface area contributed by atoms with E-state index in [2.05, 4.69) is 56.4 Å². The van der Waals surface area contributed by atoms with E-state index >= 15 is 0 Å². The number of para-hydroxylation sites is 1. The molecule has 0 spiro atoms. The molecule has 1 N–H and O–H groups in total. The second kappa shape index (κ2) is 7.41. The van der Waals surface area contributed by atoms with Gasteiger partial charge in [0.15, 0.2) is 0 Å². The topological polar surface area (TPSA) is 29.9 Å². The molecule has 3 nitrogen and oxygen atoms in total. The maximum absolute atomic E-state index is 4.47. The van der Waals surface area contributed by atoms with Crippen molar-refractivity contribution < 1.29 is 0 Å². The van der Waals surface area contributed by atoms with Gasteiger partial charge >= 0.3 is 0 Å². The number of rotatable bonds is 7. The molecule has 3 heteroatoms. The normalized spacial score (nSPS) is 15.6. The molecule has 3 unspecified atom stereocenters. The fourth-order valence-corrected chi connectivity index (χ4v) is 2.64. The summed E-state index contributed by atoms with van der Waals surface area (Å²) in [6.45, 7) is 9.05. The molecule has 2 rings (SSSR count). The van der Waals surface area contributed by atoms with Crippen LogP contribution in [0.15, 0.2) is 42.7 Å². The monoisotopic (exact) mass is 285 g/mol. The molecule has 0 saturated carbocycles. The van der Waals surface area contributed by atoms with Crippen LogP contribution in [0.25, 0.3) is 5.69 Å². The summed E-state index contributed by atoms with van der Waals surface area (Å²) in [5, 5.41) is 8.14. The van der Waals surface area contributed by atoms with Crippen LogP contribution in [-0.4, -0.2) is 15.8 Å². The van der Waals surface area contributed by atoms with Crippen molar-refractivity contribution in [2.45, 2.75) is 52.6 Å². The van der Waals surface area contributed by atoms with Crippen molar-refractivity contribution in [3.63, 3.8) is 0 Å². The van der Waals surface area contributed by atoms with Crippen LogP contribution in [0.1, 0.15) is 52.1 Å². The van der Waals surface area contributed by atoms with Crippen LogP contribution in [-0.2, 0) is 0 Å². The minimum absolute atomic E-state index is 0.321. The second-order valence-corrected chi connectivity index (χ2v) is 6.09. The number of aromatic nitrogens is 2. The largest absolute Gasteiger partial charge is 0.308 e. The number of hydrogen-bond acceptors (Lipinski definition) is 2. The van der Waals surface area contributed by atoms with Crippen LogP contribution >= 0.6 is 0 Å². The van der Waals surface area contributed by atoms with Crippen molar-refractivity contribution in [1.29, 1.82) is 0 Å². The Balaban J connectivity index is 1.97. The summed E-state index contributed by atoms with van der Waals surface area (Å²) in [4.78, 5) is 0. The number of nitrogens with zero attached hydrogens (tertiary/aromatic N) is 2. The highest BCUT2D eigenvalue weighted by atomic mass is 15.3. The third-order valence-electron chi connectivity index (χ3n) is 4.11. The Labute approximate surface area is 128 Å². The summed E-state index contributed by atoms with van der Waals surface area (Å²) in [6, 6.07) is 11.1. The Morgan fingerprint density at radius 3 is 2.52 bits per heavy atom. The van der Waals surface area contributed by atoms with E-state index in [1.54, 1.807) is 0 Å². The Hall–Kier alpha value is -1.61. The Morgan fingerprint density at radius 1 is 1.14 bits per heavy atom. The van der Waals surface area contributed by atoms with Crippen molar-refractivity contribution in [1.82, 2.24) is 15.1 Å². The first kappa shape index (κ1) is 15.8. The molecule has 1 heterocycles. The van der Waals surface area contributed by atoms with Crippen LogP contribution in [0.2, 0.25) is 0 Å². The van der Waals surface area contributed by atoms with Crippen LogP contribution in [0, 0.1) is 5.92 Å². The van der Waals surface area contributed by atoms with Gasteiger partial charge in [-0.25, -0.2) is 4.68 Å². The van der Waals surface area contributed by atoms with Gasteiger partial charge < -0.3 is 5.32 Å². The van der Waals surface area contributed by atoms with Gasteiger partial charge in [0.2, 0.25) is 0 Å². The predicted octanol–water partition coefficient (Wildman–Crippen LogP) is 4.35. The van der Waals surface area contributed by atoms with Crippen LogP contribution in [0.5, 0.6) is 0 Å². The lowest BCUT2D eigenvalue weighted by atomic mass is 9.99. The van der Waals surface area contributed by atoms with E-state index in [-0.39, 0.29) is 0 Å². The molecule has 0 saturated heterocycles. The van der Waals surface area contributed by atoms with Gasteiger partial charge in [0.05, 0.1) is 11.9 Å². The molecular formula is C18H27N3. The van der Waals surface area contributed by atoms with E-state index in [0.29, 0.717) is 12.1 Å². The molecule has 1 aromatic heterocycles. The Bertz CT molecular complexity index is 532. The van der Waals surface area contributed by atoms with Crippen molar-refractivity contribution >= 4 is 0 Å². The third kappa shape index (κ3) is 4.43. The molecule has 3 atom stereocenters. The molecule has 0 radical (unpaired) electrons. The molecule has 0 aliphatic rings. The number of nitrogens with one attached hydrogen (secondary N) is 1. The summed E-state index contributed by atoms with van der Waals surface area (Å²) < 4.78 is 1.94. The first-order valence-electron chi connectivity index (χ1n) is 7.96. The van der Waals surface area contributed by atoms with Gasteiger partial charge in [-0.1, -0.05) is 38.5 Å². The average Bonchev–Trinajstić information content (AvgIpc) is 2.97. The molecule has 0 aliphatic heterocycles. The van der Waals surface area contributed by atoms with Crippen molar-refractivity contribution in [2.24, 2.45) is 5.92 Å². The SMILES string of the molecule is CCC(C)CC(C)NC(C)c1cnn(-c2ccccc2)c1. The van der Waals surface area contributed by atoms with Gasteiger partial charge in [-0.05, 0) is 38.3 Å². The van der Waals surface area contributed by atoms with E-state index in [1.807, 2.05) is 29.1 Å². The summed E-state index contributed by atoms with van der Waals surface area (Å²) in [5.41, 5.74) is 2.33. The van der Waals surface area contributed by atoms with Gasteiger partial charge in [-0.3, -0.25) is 0 Å². The highest BCUT2D eigenvalue weighted by Crippen LogP contribution is 2.17. The Kier molecular flexibility index (Phi) is 5.57. The maximum atomic E-state index is 4.47. The lowest BCUT2D eigenvalue weighted by Crippen LogP contribution is -2.30. The standard InChI is InChI=1S/C18H27N3/c1-5-14(2)11-15(3)20-16(4)17-12-19-21(13-17)18-9-7-6-8-10-18/h6-10,12-16,20H,5,11H2,1-4H3. The van der Waals surface area contributed by atoms with Gasteiger partial charge in [0.1, 0.15) is 0 Å². The molecule has 0 fully saturated rings. The minimum atomic E-state index is 0.321. The summed E-state index contributed by atoms with van der Waals surface area (Å²) >= 11 is 0. The zero-order valence-electron chi connectivity index (χ0n) is 13.6. The lowest BCUT2D eigenvalue weighted by molar-refractivity contribution is 0.385. The van der Waals surface area contributed by atoms with E-state index in [0.717, 1.165) is 11.6 Å². The van der Waals surface area contributed by atoms with E-state index in [9.17, 15) is 0 Å². The fourth-order valence-electron chi connectivity index (χ4n) is 2.64. The average molecular weight is 285 g/mol. The van der Waals surface area contributed by atoms with Gasteiger partial charge in [0, 0.05) is 23.8 Å². The van der Waals surface area contributed by atoms with Crippen molar-refractivity contribution in [3.05, 3.63) is 48.3 Å². The zero-order chi connectivity index (χ0) is 15.2. The smallest absolute Gasteiger partial charge is 0.0645 e. The molecule has 1 aromatic carbocycles. The van der Waals surface area contributed by atoms with Crippen molar-refractivity contribution in [2.75, 3.05) is 0 Å². The van der Waals surface area contributed by atoms with E-state index in [4.69, 9.17) is 0 Å². The second-order valence-electron chi connectivity index (χ2n) is 6.09. The van der Waals surface area contributed by atoms with E-state index in [1.165, 1.54) is 18.4 Å². The van der Waals surface area contributed by atoms with E-state index < -0.39 is 0 Å². The fraction of sp³-hybridized carbons (Fsp3) is 0.500. The highest BCUT2D eigenvalue weighted by molar-refractivity contribution is 5.31. The molecule has 2 aromatic rings. The van der Waals surface area contributed by atoms with Crippen molar-refractivity contribution in [3.8, 4) is 5.69 Å². The summed E-state index contributed by atoms with van der Waals surface area (Å²) in [6.07, 6.45) is 6.53. The first-order chi connectivity index (χ1) is 10.1. The number of benzene rings is 1. The highest BCUT2D eigenvalue weighted by Gasteiger charge is 2.13. The van der Waals surface area contributed by atoms with Gasteiger partial charge in [-0.2, -0.15) is 5.10 Å². The van der Waals surface area contributed by atoms with Gasteiger partial charge in [-0.15, -0.1) is 0 Å². The predicted molar refractivity (Wildman–Crippen MR) is 88.6 cm³/mol. The summed E-state index contributed by atoms with van der Waals surface area (Å²) in [5.74, 6) is 0.770. The third-order valence-corrected chi connectivity index (χ3v) is 4.11. The quantitative estimate of drug-likeness (QED) is 0.819. The lowest BCUT2D eigenvalue weighted by Gasteiger charge is -2.21.